The van der Waals surface area contributed by atoms with E-state index in [2.05, 4.69) is 83.8 Å². The minimum absolute atomic E-state index is 0.681. The van der Waals surface area contributed by atoms with E-state index >= 15 is 0 Å². The third kappa shape index (κ3) is 2.28. The summed E-state index contributed by atoms with van der Waals surface area (Å²) in [7, 11) is 0. The Bertz CT molecular complexity index is 770. The molecule has 23 heavy (non-hydrogen) atoms. The Morgan fingerprint density at radius 1 is 0.696 bits per heavy atom. The van der Waals surface area contributed by atoms with E-state index < -0.39 is 20.3 Å². The molecule has 0 aromatic heterocycles. The summed E-state index contributed by atoms with van der Waals surface area (Å²) < 4.78 is 6.64. The number of benzene rings is 2. The second-order valence-corrected chi connectivity index (χ2v) is 19.7. The summed E-state index contributed by atoms with van der Waals surface area (Å²) in [5.41, 5.74) is 9.06. The van der Waals surface area contributed by atoms with Gasteiger partial charge in [0.05, 0.1) is 0 Å². The Labute approximate surface area is 144 Å². The van der Waals surface area contributed by atoms with Crippen LogP contribution in [0.5, 0.6) is 0 Å². The monoisotopic (exact) mass is 378 g/mol. The molecule has 0 amide bonds. The Morgan fingerprint density at radius 3 is 1.57 bits per heavy atom. The van der Waals surface area contributed by atoms with Crippen LogP contribution in [0.15, 0.2) is 48.6 Å². The maximum atomic E-state index is 2.64. The third-order valence-corrected chi connectivity index (χ3v) is 16.1. The van der Waals surface area contributed by atoms with Gasteiger partial charge in [-0.3, -0.25) is 0 Å². The molecule has 2 aliphatic carbocycles. The van der Waals surface area contributed by atoms with Crippen molar-refractivity contribution in [2.45, 2.75) is 30.4 Å². The van der Waals surface area contributed by atoms with E-state index in [1.807, 2.05) is 0 Å². The van der Waals surface area contributed by atoms with Gasteiger partial charge >= 0.3 is 145 Å². The molecule has 2 unspecified atom stereocenters. The van der Waals surface area contributed by atoms with Crippen molar-refractivity contribution in [1.29, 1.82) is 0 Å². The number of fused-ring (bicyclic) bond motifs is 2. The van der Waals surface area contributed by atoms with Crippen LogP contribution in [0.25, 0.3) is 12.2 Å². The van der Waals surface area contributed by atoms with Crippen LogP contribution in [0.1, 0.15) is 40.6 Å². The van der Waals surface area contributed by atoms with Gasteiger partial charge in [-0.15, -0.1) is 0 Å². The van der Waals surface area contributed by atoms with E-state index in [0.29, 0.717) is 7.25 Å². The number of allylic oxidation sites excluding steroid dienone is 2. The predicted molar refractivity (Wildman–Crippen MR) is 97.6 cm³/mol. The fourth-order valence-electron chi connectivity index (χ4n) is 4.57. The van der Waals surface area contributed by atoms with Gasteiger partial charge in [0.15, 0.2) is 0 Å². The van der Waals surface area contributed by atoms with Crippen LogP contribution in [0.4, 0.5) is 0 Å². The first kappa shape index (κ1) is 15.3. The van der Waals surface area contributed by atoms with Crippen molar-refractivity contribution in [1.82, 2.24) is 0 Å². The molecule has 0 radical (unpaired) electrons. The maximum absolute atomic E-state index is 2.64. The second-order valence-electron chi connectivity index (χ2n) is 7.65. The molecule has 0 fully saturated rings. The second kappa shape index (κ2) is 5.42. The van der Waals surface area contributed by atoms with E-state index in [1.54, 1.807) is 11.1 Å². The molecule has 2 atom stereocenters. The molecule has 0 aliphatic heterocycles. The predicted octanol–water partition coefficient (Wildman–Crippen LogP) is 6.39. The van der Waals surface area contributed by atoms with Crippen LogP contribution in [-0.4, -0.2) is 0 Å². The van der Waals surface area contributed by atoms with Gasteiger partial charge in [0, 0.05) is 0 Å². The quantitative estimate of drug-likeness (QED) is 0.567. The molecule has 0 saturated carbocycles. The summed E-state index contributed by atoms with van der Waals surface area (Å²) in [5, 5.41) is 0. The molecule has 0 heterocycles. The van der Waals surface area contributed by atoms with Gasteiger partial charge in [-0.05, 0) is 0 Å². The van der Waals surface area contributed by atoms with Crippen molar-refractivity contribution in [3.05, 3.63) is 81.9 Å². The summed E-state index contributed by atoms with van der Waals surface area (Å²) in [5.74, 6) is 0. The van der Waals surface area contributed by atoms with Crippen LogP contribution >= 0.6 is 0 Å². The SMILES string of the molecule is Cc1cccc2c1[CH]([Zr]([CH3])([CH3])[CH]1C=Cc3cccc(C)c31)C=C2. The molecule has 2 aromatic carbocycles. The normalized spacial score (nSPS) is 21.6. The molecule has 1 heteroatoms. The Kier molecular flexibility index (Phi) is 3.61. The minimum atomic E-state index is -2.46. The van der Waals surface area contributed by atoms with Crippen molar-refractivity contribution >= 4 is 12.2 Å². The molecule has 2 aromatic rings. The van der Waals surface area contributed by atoms with Crippen molar-refractivity contribution in [2.75, 3.05) is 0 Å². The van der Waals surface area contributed by atoms with E-state index in [1.165, 1.54) is 22.3 Å². The van der Waals surface area contributed by atoms with E-state index in [4.69, 9.17) is 0 Å². The van der Waals surface area contributed by atoms with Crippen LogP contribution < -0.4 is 0 Å². The zero-order valence-electron chi connectivity index (χ0n) is 14.4. The molecule has 2 aliphatic rings. The van der Waals surface area contributed by atoms with E-state index in [-0.39, 0.29) is 0 Å². The van der Waals surface area contributed by atoms with Crippen LogP contribution in [-0.2, 0) is 20.3 Å². The van der Waals surface area contributed by atoms with Crippen molar-refractivity contribution < 1.29 is 20.3 Å². The first-order valence-corrected chi connectivity index (χ1v) is 16.3. The Hall–Kier alpha value is -1.20. The first-order valence-electron chi connectivity index (χ1n) is 8.55. The fraction of sp³-hybridized carbons (Fsp3) is 0.273. The number of aryl methyl sites for hydroxylation is 2. The third-order valence-electron chi connectivity index (χ3n) is 5.88. The fourth-order valence-corrected chi connectivity index (χ4v) is 14.0. The van der Waals surface area contributed by atoms with Gasteiger partial charge < -0.3 is 0 Å². The summed E-state index contributed by atoms with van der Waals surface area (Å²) in [4.78, 5) is 0. The number of hydrogen-bond donors (Lipinski definition) is 0. The van der Waals surface area contributed by atoms with Gasteiger partial charge in [-0.1, -0.05) is 0 Å². The average molecular weight is 380 g/mol. The van der Waals surface area contributed by atoms with E-state index in [0.717, 1.165) is 0 Å². The molecule has 0 spiro atoms. The molecule has 4 rings (SSSR count). The zero-order chi connectivity index (χ0) is 16.2. The van der Waals surface area contributed by atoms with Crippen LogP contribution in [0.2, 0.25) is 9.26 Å². The summed E-state index contributed by atoms with van der Waals surface area (Å²) in [6, 6.07) is 13.5. The molecule has 116 valence electrons. The molecule has 0 N–H and O–H groups in total. The Balaban J connectivity index is 1.81. The summed E-state index contributed by atoms with van der Waals surface area (Å²) in [6.45, 7) is 4.56. The van der Waals surface area contributed by atoms with Crippen molar-refractivity contribution in [3.63, 3.8) is 0 Å². The summed E-state index contributed by atoms with van der Waals surface area (Å²) >= 11 is -2.46. The first-order chi connectivity index (χ1) is 11.0. The van der Waals surface area contributed by atoms with Gasteiger partial charge in [-0.25, -0.2) is 0 Å². The van der Waals surface area contributed by atoms with Crippen LogP contribution in [0, 0.1) is 13.8 Å². The van der Waals surface area contributed by atoms with Gasteiger partial charge in [0.2, 0.25) is 0 Å². The van der Waals surface area contributed by atoms with Gasteiger partial charge in [-0.2, -0.15) is 0 Å². The van der Waals surface area contributed by atoms with Crippen molar-refractivity contribution in [3.8, 4) is 0 Å². The standard InChI is InChI=1S/2C10H9.2CH3.Zr/c2*1-8-4-2-5-9-6-3-7-10(8)9;;;/h2*2-7H,1H3;2*1H3;. The zero-order valence-corrected chi connectivity index (χ0v) is 16.9. The Morgan fingerprint density at radius 2 is 1.13 bits per heavy atom. The topological polar surface area (TPSA) is 0 Å². The molecular formula is C22H24Zr. The van der Waals surface area contributed by atoms with Crippen LogP contribution in [0.3, 0.4) is 0 Å². The van der Waals surface area contributed by atoms with Gasteiger partial charge in [0.1, 0.15) is 0 Å². The molecule has 0 nitrogen and oxygen atoms in total. The van der Waals surface area contributed by atoms with Gasteiger partial charge in [0.25, 0.3) is 0 Å². The number of rotatable bonds is 2. The molecular weight excluding hydrogens is 355 g/mol. The summed E-state index contributed by atoms with van der Waals surface area (Å²) in [6.07, 6.45) is 9.75. The average Bonchev–Trinajstić information content (AvgIpc) is 3.12. The molecule has 0 saturated heterocycles. The van der Waals surface area contributed by atoms with Crippen molar-refractivity contribution in [2.24, 2.45) is 0 Å². The van der Waals surface area contributed by atoms with E-state index in [9.17, 15) is 0 Å². The molecule has 0 bridgehead atoms. The number of hydrogen-bond acceptors (Lipinski definition) is 0.